The van der Waals surface area contributed by atoms with Gasteiger partial charge in [0.25, 0.3) is 0 Å². The summed E-state index contributed by atoms with van der Waals surface area (Å²) in [6.07, 6.45) is 14.8. The highest BCUT2D eigenvalue weighted by atomic mass is 16.5. The van der Waals surface area contributed by atoms with E-state index >= 15 is 0 Å². The fourth-order valence-electron chi connectivity index (χ4n) is 14.1. The minimum atomic E-state index is -0.589. The number of benzene rings is 8. The van der Waals surface area contributed by atoms with Crippen molar-refractivity contribution in [1.29, 1.82) is 0 Å². The van der Waals surface area contributed by atoms with E-state index in [4.69, 9.17) is 9.47 Å². The summed E-state index contributed by atoms with van der Waals surface area (Å²) in [6.45, 7) is 43.5. The van der Waals surface area contributed by atoms with E-state index < -0.39 is 10.8 Å². The van der Waals surface area contributed by atoms with Crippen LogP contribution in [0.3, 0.4) is 0 Å². The Morgan fingerprint density at radius 2 is 0.404 bits per heavy atom. The van der Waals surface area contributed by atoms with Crippen LogP contribution in [0.15, 0.2) is 207 Å². The lowest BCUT2D eigenvalue weighted by molar-refractivity contribution is 0.301. The van der Waals surface area contributed by atoms with Crippen LogP contribution in [0, 0.1) is 0 Å². The molecule has 99 heavy (non-hydrogen) atoms. The molecule has 2 aromatic heterocycles. The van der Waals surface area contributed by atoms with Gasteiger partial charge >= 0.3 is 0 Å². The molecule has 0 bridgehead atoms. The molecule has 0 aliphatic heterocycles. The molecule has 8 aromatic carbocycles. The summed E-state index contributed by atoms with van der Waals surface area (Å²) in [5.74, 6) is 1.60. The first-order valence-electron chi connectivity index (χ1n) is 36.7. The Bertz CT molecular complexity index is 3600. The van der Waals surface area contributed by atoms with Crippen LogP contribution in [-0.2, 0) is 69.6 Å². The van der Waals surface area contributed by atoms with E-state index in [1.807, 2.05) is 21.8 Å². The first-order chi connectivity index (χ1) is 46.8. The van der Waals surface area contributed by atoms with Crippen LogP contribution in [0.2, 0.25) is 0 Å². The Labute approximate surface area is 595 Å². The molecule has 10 rings (SSSR count). The van der Waals surface area contributed by atoms with Crippen molar-refractivity contribution in [2.75, 3.05) is 0 Å². The summed E-state index contributed by atoms with van der Waals surface area (Å²) in [4.78, 5) is 0. The quantitative estimate of drug-likeness (QED) is 0.0397. The largest absolute Gasteiger partial charge is 0.487 e. The minimum absolute atomic E-state index is 0.0333. The van der Waals surface area contributed by atoms with Crippen molar-refractivity contribution in [2.45, 2.75) is 252 Å². The SMILES string of the molecule is CC(C)(C)c1ccc(C(c2ccc(OCc3cn(CCCCCCCCCCCn4cc(COc5ccc(C(c6ccc(C(C)(C)C)cc6)(c6ccc(C(C)(C)C)cc6)c6ccc(C(C)(C)C)cc6)cc5)nn4)nn3)cc2)(c2ccc(C(C)(C)C)cc2)c2ccc(C(C)(C)C)cc2)cc1. The molecule has 8 heteroatoms. The van der Waals surface area contributed by atoms with Gasteiger partial charge in [0.1, 0.15) is 36.1 Å². The van der Waals surface area contributed by atoms with E-state index in [1.165, 1.54) is 123 Å². The maximum absolute atomic E-state index is 6.43. The van der Waals surface area contributed by atoms with Gasteiger partial charge < -0.3 is 9.47 Å². The number of ether oxygens (including phenoxy) is 2. The van der Waals surface area contributed by atoms with E-state index in [2.05, 4.69) is 339 Å². The van der Waals surface area contributed by atoms with Crippen LogP contribution >= 0.6 is 0 Å². The standard InChI is InChI=1S/C91H114N6O2/c1-84(2,3)66-28-40-72(41-29-66)90(73-42-30-67(31-43-73)85(4,5)6,74-44-32-68(33-45-74)86(7,8)9)78-52-56-82(57-53-78)98-64-80-62-96(94-92-80)60-26-24-22-20-19-21-23-25-27-61-97-63-81(93-95-97)65-99-83-58-54-79(55-59-83)91(75-46-34-69(35-47-75)87(10,11)12,76-48-36-70(37-49-76)88(13,14)15)77-50-38-71(39-51-77)89(16,17)18/h28-59,62-63H,19-27,60-61,64-65H2,1-18H3. The number of hydrogen-bond acceptors (Lipinski definition) is 6. The van der Waals surface area contributed by atoms with Gasteiger partial charge in [-0.05, 0) is 147 Å². The second kappa shape index (κ2) is 30.2. The molecule has 0 saturated carbocycles. The van der Waals surface area contributed by atoms with Crippen molar-refractivity contribution in [3.8, 4) is 11.5 Å². The van der Waals surface area contributed by atoms with Gasteiger partial charge in [-0.1, -0.05) is 350 Å². The Kier molecular flexibility index (Phi) is 22.4. The number of rotatable bonds is 26. The number of nitrogens with zero attached hydrogens (tertiary/aromatic N) is 6. The van der Waals surface area contributed by atoms with Crippen LogP contribution in [-0.4, -0.2) is 30.0 Å². The predicted octanol–water partition coefficient (Wildman–Crippen LogP) is 22.8. The van der Waals surface area contributed by atoms with Gasteiger partial charge in [0, 0.05) is 13.1 Å². The van der Waals surface area contributed by atoms with E-state index in [-0.39, 0.29) is 32.5 Å². The smallest absolute Gasteiger partial charge is 0.134 e. The molecule has 0 aliphatic carbocycles. The van der Waals surface area contributed by atoms with Crippen LogP contribution in [0.4, 0.5) is 0 Å². The number of unbranched alkanes of at least 4 members (excludes halogenated alkanes) is 8. The first-order valence-corrected chi connectivity index (χ1v) is 36.7. The molecule has 0 aliphatic rings. The lowest BCUT2D eigenvalue weighted by atomic mass is 9.64. The summed E-state index contributed by atoms with van der Waals surface area (Å²) >= 11 is 0. The summed E-state index contributed by atoms with van der Waals surface area (Å²) in [7, 11) is 0. The molecule has 0 unspecified atom stereocenters. The molecule has 0 radical (unpaired) electrons. The highest BCUT2D eigenvalue weighted by molar-refractivity contribution is 5.63. The highest BCUT2D eigenvalue weighted by Gasteiger charge is 2.41. The predicted molar refractivity (Wildman–Crippen MR) is 412 cm³/mol. The molecular formula is C91H114N6O2. The number of aromatic nitrogens is 6. The first kappa shape index (κ1) is 73.4. The lowest BCUT2D eigenvalue weighted by Gasteiger charge is -2.38. The Balaban J connectivity index is 0.678. The summed E-state index contributed by atoms with van der Waals surface area (Å²) < 4.78 is 16.8. The Morgan fingerprint density at radius 3 is 0.596 bits per heavy atom. The Morgan fingerprint density at radius 1 is 0.232 bits per heavy atom. The molecule has 0 spiro atoms. The molecule has 10 aromatic rings. The molecular weight excluding hydrogens is 1210 g/mol. The van der Waals surface area contributed by atoms with Gasteiger partial charge in [0.05, 0.1) is 23.2 Å². The normalized spacial score (nSPS) is 12.9. The molecule has 0 saturated heterocycles. The van der Waals surface area contributed by atoms with E-state index in [1.54, 1.807) is 0 Å². The summed E-state index contributed by atoms with van der Waals surface area (Å²) in [5, 5.41) is 18.0. The van der Waals surface area contributed by atoms with Crippen molar-refractivity contribution in [3.63, 3.8) is 0 Å². The molecule has 0 fully saturated rings. The third kappa shape index (κ3) is 17.6. The maximum Gasteiger partial charge on any atom is 0.134 e. The van der Waals surface area contributed by atoms with Crippen molar-refractivity contribution in [1.82, 2.24) is 30.0 Å². The topological polar surface area (TPSA) is 79.9 Å². The number of aryl methyl sites for hydroxylation is 2. The van der Waals surface area contributed by atoms with Gasteiger partial charge in [0.15, 0.2) is 0 Å². The van der Waals surface area contributed by atoms with Crippen LogP contribution in [0.5, 0.6) is 11.5 Å². The fraction of sp³-hybridized carbons (Fsp3) is 0.429. The summed E-state index contributed by atoms with van der Waals surface area (Å²) in [6, 6.07) is 73.5. The lowest BCUT2D eigenvalue weighted by Crippen LogP contribution is -2.31. The third-order valence-electron chi connectivity index (χ3n) is 20.4. The minimum Gasteiger partial charge on any atom is -0.487 e. The zero-order chi connectivity index (χ0) is 71.0. The van der Waals surface area contributed by atoms with E-state index in [9.17, 15) is 0 Å². The van der Waals surface area contributed by atoms with Crippen LogP contribution in [0.25, 0.3) is 0 Å². The average Bonchev–Trinajstić information content (AvgIpc) is 0.889. The second-order valence-corrected chi connectivity index (χ2v) is 34.2. The van der Waals surface area contributed by atoms with E-state index in [0.717, 1.165) is 48.8 Å². The van der Waals surface area contributed by atoms with Gasteiger partial charge in [-0.3, -0.25) is 9.36 Å². The fourth-order valence-corrected chi connectivity index (χ4v) is 14.1. The van der Waals surface area contributed by atoms with Crippen molar-refractivity contribution >= 4 is 0 Å². The second-order valence-electron chi connectivity index (χ2n) is 34.2. The van der Waals surface area contributed by atoms with Crippen molar-refractivity contribution in [3.05, 3.63) is 296 Å². The zero-order valence-electron chi connectivity index (χ0n) is 63.3. The zero-order valence-corrected chi connectivity index (χ0v) is 63.3. The van der Waals surface area contributed by atoms with Crippen molar-refractivity contribution < 1.29 is 9.47 Å². The maximum atomic E-state index is 6.43. The summed E-state index contributed by atoms with van der Waals surface area (Å²) in [5.41, 5.74) is 18.3. The van der Waals surface area contributed by atoms with Crippen LogP contribution in [0.1, 0.15) is 272 Å². The molecule has 0 amide bonds. The monoisotopic (exact) mass is 1320 g/mol. The van der Waals surface area contributed by atoms with Gasteiger partial charge in [-0.2, -0.15) is 0 Å². The molecule has 0 atom stereocenters. The molecule has 2 heterocycles. The van der Waals surface area contributed by atoms with Gasteiger partial charge in [0.2, 0.25) is 0 Å². The average molecular weight is 1320 g/mol. The Hall–Kier alpha value is -8.36. The molecule has 520 valence electrons. The highest BCUT2D eigenvalue weighted by Crippen LogP contribution is 2.49. The number of hydrogen-bond donors (Lipinski definition) is 0. The van der Waals surface area contributed by atoms with Crippen LogP contribution < -0.4 is 9.47 Å². The molecule has 0 N–H and O–H groups in total. The third-order valence-corrected chi connectivity index (χ3v) is 20.4. The van der Waals surface area contributed by atoms with Crippen molar-refractivity contribution in [2.24, 2.45) is 0 Å². The van der Waals surface area contributed by atoms with E-state index in [0.29, 0.717) is 13.2 Å². The van der Waals surface area contributed by atoms with Gasteiger partial charge in [-0.15, -0.1) is 10.2 Å². The van der Waals surface area contributed by atoms with Gasteiger partial charge in [-0.25, -0.2) is 0 Å². The molecule has 8 nitrogen and oxygen atoms in total.